The summed E-state index contributed by atoms with van der Waals surface area (Å²) in [7, 11) is 3.72. The zero-order valence-electron chi connectivity index (χ0n) is 18.6. The molecule has 0 amide bonds. The molecule has 2 heterocycles. The van der Waals surface area contributed by atoms with Gasteiger partial charge >= 0.3 is 0 Å². The van der Waals surface area contributed by atoms with Crippen LogP contribution in [0.2, 0.25) is 0 Å². The molecule has 1 fully saturated rings. The molecule has 1 aromatic carbocycles. The number of aryl methyl sites for hydroxylation is 1. The second-order valence-electron chi connectivity index (χ2n) is 8.22. The van der Waals surface area contributed by atoms with E-state index in [-0.39, 0.29) is 12.5 Å². The standard InChI is InChI=1S/C22H29N5O4S/c1-5-31-13-6-7-14-16(9-13)32-21(25-14)17-11(2)23-22(27(3)4)26-20(17)24-15-8-12(10-28)18(29)19(15)30/h6-7,9,12,15,18-19,28-30H,5,8,10H2,1-4H3,(H,23,24,26)/t12-,15-,18-,19+/m1/s1. The summed E-state index contributed by atoms with van der Waals surface area (Å²) >= 11 is 1.52. The van der Waals surface area contributed by atoms with Crippen LogP contribution in [0.25, 0.3) is 20.8 Å². The first-order valence-electron chi connectivity index (χ1n) is 10.7. The molecule has 4 atom stereocenters. The molecule has 2 aromatic heterocycles. The van der Waals surface area contributed by atoms with E-state index in [1.807, 2.05) is 51.0 Å². The van der Waals surface area contributed by atoms with E-state index >= 15 is 0 Å². The Hall–Kier alpha value is -2.53. The first kappa shape index (κ1) is 22.7. The molecule has 0 saturated heterocycles. The number of hydrogen-bond acceptors (Lipinski definition) is 10. The van der Waals surface area contributed by atoms with Gasteiger partial charge in [0.1, 0.15) is 22.7 Å². The molecule has 1 aliphatic carbocycles. The molecule has 3 aromatic rings. The Morgan fingerprint density at radius 2 is 1.97 bits per heavy atom. The summed E-state index contributed by atoms with van der Waals surface area (Å²) in [6.45, 7) is 4.26. The maximum Gasteiger partial charge on any atom is 0.227 e. The monoisotopic (exact) mass is 459 g/mol. The van der Waals surface area contributed by atoms with Gasteiger partial charge in [0.15, 0.2) is 0 Å². The number of thiazole rings is 1. The minimum Gasteiger partial charge on any atom is -0.494 e. The van der Waals surface area contributed by atoms with Crippen molar-refractivity contribution in [3.63, 3.8) is 0 Å². The number of nitrogens with zero attached hydrogens (tertiary/aromatic N) is 4. The van der Waals surface area contributed by atoms with Gasteiger partial charge in [-0.1, -0.05) is 0 Å². The van der Waals surface area contributed by atoms with Gasteiger partial charge in [0.2, 0.25) is 5.95 Å². The van der Waals surface area contributed by atoms with Crippen LogP contribution in [0.15, 0.2) is 18.2 Å². The number of aliphatic hydroxyl groups is 3. The molecule has 172 valence electrons. The average Bonchev–Trinajstić information content (AvgIpc) is 3.29. The number of fused-ring (bicyclic) bond motifs is 1. The lowest BCUT2D eigenvalue weighted by Gasteiger charge is -2.22. The van der Waals surface area contributed by atoms with Gasteiger partial charge in [-0.05, 0) is 38.5 Å². The fourth-order valence-electron chi connectivity index (χ4n) is 4.01. The third-order valence-electron chi connectivity index (χ3n) is 5.72. The number of aliphatic hydroxyl groups excluding tert-OH is 3. The van der Waals surface area contributed by atoms with Gasteiger partial charge < -0.3 is 30.3 Å². The van der Waals surface area contributed by atoms with Gasteiger partial charge in [0.05, 0.1) is 40.2 Å². The van der Waals surface area contributed by atoms with Gasteiger partial charge in [0, 0.05) is 26.6 Å². The van der Waals surface area contributed by atoms with E-state index in [1.165, 1.54) is 11.3 Å². The molecule has 0 bridgehead atoms. The lowest BCUT2D eigenvalue weighted by atomic mass is 10.1. The minimum absolute atomic E-state index is 0.185. The van der Waals surface area contributed by atoms with E-state index in [1.54, 1.807) is 0 Å². The van der Waals surface area contributed by atoms with Crippen molar-refractivity contribution >= 4 is 33.3 Å². The van der Waals surface area contributed by atoms with Crippen LogP contribution in [0.3, 0.4) is 0 Å². The highest BCUT2D eigenvalue weighted by Gasteiger charge is 2.41. The Labute approximate surface area is 190 Å². The largest absolute Gasteiger partial charge is 0.494 e. The van der Waals surface area contributed by atoms with Crippen LogP contribution in [0.1, 0.15) is 19.0 Å². The highest BCUT2D eigenvalue weighted by Crippen LogP contribution is 2.39. The van der Waals surface area contributed by atoms with Crippen LogP contribution in [-0.4, -0.2) is 75.8 Å². The number of rotatable bonds is 7. The van der Waals surface area contributed by atoms with Gasteiger partial charge in [-0.2, -0.15) is 4.98 Å². The summed E-state index contributed by atoms with van der Waals surface area (Å²) in [6.07, 6.45) is -1.57. The first-order valence-corrected chi connectivity index (χ1v) is 11.5. The van der Waals surface area contributed by atoms with Crippen LogP contribution in [0.4, 0.5) is 11.8 Å². The van der Waals surface area contributed by atoms with Crippen molar-refractivity contribution < 1.29 is 20.1 Å². The van der Waals surface area contributed by atoms with E-state index < -0.39 is 18.2 Å². The van der Waals surface area contributed by atoms with E-state index in [9.17, 15) is 15.3 Å². The van der Waals surface area contributed by atoms with E-state index in [2.05, 4.69) is 10.3 Å². The summed E-state index contributed by atoms with van der Waals surface area (Å²) in [5.74, 6) is 1.48. The lowest BCUT2D eigenvalue weighted by molar-refractivity contribution is 0.00446. The maximum atomic E-state index is 10.5. The lowest BCUT2D eigenvalue weighted by Crippen LogP contribution is -2.36. The summed E-state index contributed by atoms with van der Waals surface area (Å²) in [6, 6.07) is 5.35. The van der Waals surface area contributed by atoms with Crippen LogP contribution in [-0.2, 0) is 0 Å². The van der Waals surface area contributed by atoms with Gasteiger partial charge in [-0.15, -0.1) is 11.3 Å². The molecular weight excluding hydrogens is 430 g/mol. The normalized spacial score (nSPS) is 23.0. The molecular formula is C22H29N5O4S. The number of aromatic nitrogens is 3. The molecule has 1 aliphatic rings. The molecule has 4 N–H and O–H groups in total. The number of ether oxygens (including phenoxy) is 1. The molecule has 0 unspecified atom stereocenters. The molecule has 32 heavy (non-hydrogen) atoms. The summed E-state index contributed by atoms with van der Waals surface area (Å²) in [5, 5.41) is 34.3. The van der Waals surface area contributed by atoms with E-state index in [0.29, 0.717) is 24.8 Å². The first-order chi connectivity index (χ1) is 15.3. The minimum atomic E-state index is -1.01. The van der Waals surface area contributed by atoms with Crippen molar-refractivity contribution in [3.05, 3.63) is 23.9 Å². The predicted molar refractivity (Wildman–Crippen MR) is 125 cm³/mol. The average molecular weight is 460 g/mol. The Bertz CT molecular complexity index is 1110. The third-order valence-corrected chi connectivity index (χ3v) is 6.76. The van der Waals surface area contributed by atoms with Crippen LogP contribution >= 0.6 is 11.3 Å². The van der Waals surface area contributed by atoms with Crippen molar-refractivity contribution in [2.75, 3.05) is 37.5 Å². The SMILES string of the molecule is CCOc1ccc2nc(-c3c(C)nc(N(C)C)nc3N[C@@H]3C[C@H](CO)[C@@H](O)[C@H]3O)sc2c1. The van der Waals surface area contributed by atoms with Crippen molar-refractivity contribution in [3.8, 4) is 16.3 Å². The Morgan fingerprint density at radius 1 is 1.19 bits per heavy atom. The molecule has 1 saturated carbocycles. The number of nitrogens with one attached hydrogen (secondary N) is 1. The van der Waals surface area contributed by atoms with Crippen LogP contribution in [0, 0.1) is 12.8 Å². The second kappa shape index (κ2) is 9.14. The predicted octanol–water partition coefficient (Wildman–Crippen LogP) is 2.04. The zero-order valence-corrected chi connectivity index (χ0v) is 19.4. The second-order valence-corrected chi connectivity index (χ2v) is 9.25. The van der Waals surface area contributed by atoms with Gasteiger partial charge in [0.25, 0.3) is 0 Å². The van der Waals surface area contributed by atoms with Crippen molar-refractivity contribution in [2.24, 2.45) is 5.92 Å². The van der Waals surface area contributed by atoms with E-state index in [0.717, 1.165) is 32.2 Å². The van der Waals surface area contributed by atoms with Crippen molar-refractivity contribution in [1.82, 2.24) is 15.0 Å². The fourth-order valence-corrected chi connectivity index (χ4v) is 5.10. The highest BCUT2D eigenvalue weighted by molar-refractivity contribution is 7.21. The summed E-state index contributed by atoms with van der Waals surface area (Å²) in [5.41, 5.74) is 2.36. The topological polar surface area (TPSA) is 124 Å². The maximum absolute atomic E-state index is 10.5. The Kier molecular flexibility index (Phi) is 6.47. The number of hydrogen-bond donors (Lipinski definition) is 4. The summed E-state index contributed by atoms with van der Waals surface area (Å²) in [4.78, 5) is 15.9. The quantitative estimate of drug-likeness (QED) is 0.420. The molecule has 10 heteroatoms. The van der Waals surface area contributed by atoms with Crippen molar-refractivity contribution in [1.29, 1.82) is 0 Å². The van der Waals surface area contributed by atoms with Crippen LogP contribution < -0.4 is 15.0 Å². The molecule has 0 radical (unpaired) electrons. The van der Waals surface area contributed by atoms with Gasteiger partial charge in [-0.25, -0.2) is 9.97 Å². The van der Waals surface area contributed by atoms with Crippen molar-refractivity contribution in [2.45, 2.75) is 38.5 Å². The molecule has 4 rings (SSSR count). The Morgan fingerprint density at radius 3 is 2.62 bits per heavy atom. The zero-order chi connectivity index (χ0) is 23.0. The van der Waals surface area contributed by atoms with Crippen LogP contribution in [0.5, 0.6) is 5.75 Å². The number of anilines is 2. The van der Waals surface area contributed by atoms with Gasteiger partial charge in [-0.3, -0.25) is 0 Å². The molecule has 0 aliphatic heterocycles. The Balaban J connectivity index is 1.77. The number of benzene rings is 1. The third kappa shape index (κ3) is 4.23. The highest BCUT2D eigenvalue weighted by atomic mass is 32.1. The molecule has 9 nitrogen and oxygen atoms in total. The molecule has 0 spiro atoms. The van der Waals surface area contributed by atoms with E-state index in [4.69, 9.17) is 14.7 Å². The summed E-state index contributed by atoms with van der Waals surface area (Å²) < 4.78 is 6.60. The smallest absolute Gasteiger partial charge is 0.227 e. The fraction of sp³-hybridized carbons (Fsp3) is 0.500.